The monoisotopic (exact) mass is 431 g/mol. The Balaban J connectivity index is 1.86. The second kappa shape index (κ2) is 8.50. The van der Waals surface area contributed by atoms with Crippen LogP contribution in [-0.4, -0.2) is 38.0 Å². The number of hydrogen-bond donors (Lipinski definition) is 2. The summed E-state index contributed by atoms with van der Waals surface area (Å²) >= 11 is 0. The predicted octanol–water partition coefficient (Wildman–Crippen LogP) is 3.60. The average molecular weight is 431 g/mol. The molecule has 1 unspecified atom stereocenters. The molecule has 0 aliphatic carbocycles. The number of carbonyl (C=O) groups is 2. The number of aromatic hydroxyl groups is 1. The van der Waals surface area contributed by atoms with Crippen LogP contribution in [0.4, 0.5) is 5.95 Å². The van der Waals surface area contributed by atoms with Gasteiger partial charge in [0.1, 0.15) is 17.3 Å². The Kier molecular flexibility index (Phi) is 5.59. The molecular weight excluding hydrogens is 410 g/mol. The van der Waals surface area contributed by atoms with Crippen LogP contribution in [0.15, 0.2) is 72.6 Å². The molecule has 1 aromatic heterocycles. The van der Waals surface area contributed by atoms with Crippen LogP contribution in [-0.2, 0) is 9.59 Å². The second-order valence-electron chi connectivity index (χ2n) is 7.50. The minimum absolute atomic E-state index is 0.0164. The first kappa shape index (κ1) is 21.0. The molecule has 1 saturated heterocycles. The number of ether oxygens (including phenoxy) is 1. The van der Waals surface area contributed by atoms with Gasteiger partial charge < -0.3 is 14.9 Å². The summed E-state index contributed by atoms with van der Waals surface area (Å²) in [5.41, 5.74) is 0.654. The number of ketones is 1. The highest BCUT2D eigenvalue weighted by molar-refractivity contribution is 6.51. The summed E-state index contributed by atoms with van der Waals surface area (Å²) in [6, 6.07) is 13.3. The van der Waals surface area contributed by atoms with Gasteiger partial charge in [0.2, 0.25) is 5.95 Å². The van der Waals surface area contributed by atoms with E-state index in [9.17, 15) is 19.8 Å². The van der Waals surface area contributed by atoms with E-state index in [2.05, 4.69) is 9.97 Å². The number of hydrogen-bond acceptors (Lipinski definition) is 7. The van der Waals surface area contributed by atoms with Crippen LogP contribution in [0.2, 0.25) is 0 Å². The number of nitrogens with zero attached hydrogens (tertiary/aromatic N) is 3. The summed E-state index contributed by atoms with van der Waals surface area (Å²) in [5.74, 6) is -1.50. The number of amides is 1. The molecule has 1 atom stereocenters. The third-order valence-electron chi connectivity index (χ3n) is 4.90. The van der Waals surface area contributed by atoms with Crippen LogP contribution in [0.5, 0.6) is 11.5 Å². The van der Waals surface area contributed by atoms with Crippen molar-refractivity contribution < 1.29 is 24.5 Å². The van der Waals surface area contributed by atoms with Gasteiger partial charge in [0.15, 0.2) is 0 Å². The Bertz CT molecular complexity index is 1190. The highest BCUT2D eigenvalue weighted by Crippen LogP contribution is 2.41. The summed E-state index contributed by atoms with van der Waals surface area (Å²) in [5, 5.41) is 21.1. The van der Waals surface area contributed by atoms with Gasteiger partial charge in [-0.05, 0) is 61.9 Å². The SMILES string of the molecule is CC(C)Oc1ccc(C(O)=C2C(=O)C(=O)N(c3ncccn3)C2c2cccc(O)c2)cc1. The summed E-state index contributed by atoms with van der Waals surface area (Å²) < 4.78 is 5.62. The van der Waals surface area contributed by atoms with Gasteiger partial charge >= 0.3 is 5.91 Å². The Morgan fingerprint density at radius 3 is 2.34 bits per heavy atom. The molecule has 1 aliphatic rings. The first-order valence-electron chi connectivity index (χ1n) is 10.0. The van der Waals surface area contributed by atoms with Gasteiger partial charge in [-0.15, -0.1) is 0 Å². The van der Waals surface area contributed by atoms with E-state index in [0.717, 1.165) is 4.90 Å². The number of carbonyl (C=O) groups excluding carboxylic acids is 2. The molecule has 0 bridgehead atoms. The van der Waals surface area contributed by atoms with Gasteiger partial charge in [0.25, 0.3) is 5.78 Å². The largest absolute Gasteiger partial charge is 0.508 e. The molecule has 2 N–H and O–H groups in total. The number of aromatic nitrogens is 2. The standard InChI is InChI=1S/C24H21N3O5/c1-14(2)32-18-9-7-15(8-10-18)21(29)19-20(16-5-3-6-17(28)13-16)27(23(31)22(19)30)24-25-11-4-12-26-24/h3-14,20,28-29H,1-2H3. The number of Topliss-reactive ketones (excluding diaryl/α,β-unsaturated/α-hetero) is 1. The van der Waals surface area contributed by atoms with E-state index >= 15 is 0 Å². The summed E-state index contributed by atoms with van der Waals surface area (Å²) in [7, 11) is 0. The normalized spacial score (nSPS) is 17.7. The minimum Gasteiger partial charge on any atom is -0.508 e. The number of benzene rings is 2. The molecule has 4 rings (SSSR count). The van der Waals surface area contributed by atoms with E-state index < -0.39 is 17.7 Å². The van der Waals surface area contributed by atoms with Crippen molar-refractivity contribution in [2.75, 3.05) is 4.90 Å². The molecule has 0 saturated carbocycles. The lowest BCUT2D eigenvalue weighted by atomic mass is 9.95. The molecule has 2 aromatic carbocycles. The molecule has 162 valence electrons. The molecule has 1 amide bonds. The van der Waals surface area contributed by atoms with Crippen molar-refractivity contribution >= 4 is 23.4 Å². The maximum atomic E-state index is 13.0. The van der Waals surface area contributed by atoms with Crippen molar-refractivity contribution in [2.24, 2.45) is 0 Å². The molecule has 2 heterocycles. The summed E-state index contributed by atoms with van der Waals surface area (Å²) in [6.45, 7) is 3.80. The highest BCUT2D eigenvalue weighted by Gasteiger charge is 2.48. The number of anilines is 1. The minimum atomic E-state index is -1.02. The van der Waals surface area contributed by atoms with Crippen LogP contribution in [0.3, 0.4) is 0 Å². The molecule has 3 aromatic rings. The van der Waals surface area contributed by atoms with Crippen LogP contribution in [0.1, 0.15) is 31.0 Å². The van der Waals surface area contributed by atoms with Gasteiger partial charge in [0.05, 0.1) is 17.7 Å². The lowest BCUT2D eigenvalue weighted by Gasteiger charge is -2.23. The van der Waals surface area contributed by atoms with Crippen molar-refractivity contribution in [3.05, 3.63) is 83.7 Å². The van der Waals surface area contributed by atoms with Gasteiger partial charge in [-0.3, -0.25) is 14.5 Å². The van der Waals surface area contributed by atoms with Crippen LogP contribution < -0.4 is 9.64 Å². The van der Waals surface area contributed by atoms with E-state index in [-0.39, 0.29) is 29.1 Å². The maximum absolute atomic E-state index is 13.0. The summed E-state index contributed by atoms with van der Waals surface area (Å²) in [6.07, 6.45) is 2.89. The van der Waals surface area contributed by atoms with Crippen LogP contribution >= 0.6 is 0 Å². The van der Waals surface area contributed by atoms with E-state index in [0.29, 0.717) is 16.9 Å². The third kappa shape index (κ3) is 3.90. The molecule has 0 radical (unpaired) electrons. The fraction of sp³-hybridized carbons (Fsp3) is 0.167. The topological polar surface area (TPSA) is 113 Å². The zero-order valence-electron chi connectivity index (χ0n) is 17.5. The molecule has 0 spiro atoms. The molecule has 1 aliphatic heterocycles. The molecule has 8 heteroatoms. The van der Waals surface area contributed by atoms with Gasteiger partial charge in [-0.2, -0.15) is 0 Å². The molecule has 1 fully saturated rings. The smallest absolute Gasteiger partial charge is 0.302 e. The fourth-order valence-electron chi connectivity index (χ4n) is 3.58. The van der Waals surface area contributed by atoms with Crippen molar-refractivity contribution in [3.63, 3.8) is 0 Å². The number of phenolic OH excluding ortho intramolecular Hbond substituents is 1. The average Bonchev–Trinajstić information content (AvgIpc) is 3.05. The lowest BCUT2D eigenvalue weighted by molar-refractivity contribution is -0.132. The number of aliphatic hydroxyl groups excluding tert-OH is 1. The summed E-state index contributed by atoms with van der Waals surface area (Å²) in [4.78, 5) is 35.3. The zero-order valence-corrected chi connectivity index (χ0v) is 17.5. The van der Waals surface area contributed by atoms with E-state index in [1.807, 2.05) is 13.8 Å². The van der Waals surface area contributed by atoms with E-state index in [4.69, 9.17) is 4.74 Å². The number of aliphatic hydroxyl groups is 1. The van der Waals surface area contributed by atoms with Crippen molar-refractivity contribution in [3.8, 4) is 11.5 Å². The number of phenols is 1. The van der Waals surface area contributed by atoms with Gasteiger partial charge in [-0.1, -0.05) is 12.1 Å². The maximum Gasteiger partial charge on any atom is 0.302 e. The van der Waals surface area contributed by atoms with Crippen molar-refractivity contribution in [1.29, 1.82) is 0 Å². The Morgan fingerprint density at radius 1 is 1.03 bits per heavy atom. The van der Waals surface area contributed by atoms with Gasteiger partial charge in [-0.25, -0.2) is 9.97 Å². The fourth-order valence-corrected chi connectivity index (χ4v) is 3.58. The quantitative estimate of drug-likeness (QED) is 0.361. The molecule has 32 heavy (non-hydrogen) atoms. The van der Waals surface area contributed by atoms with Crippen molar-refractivity contribution in [1.82, 2.24) is 9.97 Å². The first-order valence-corrected chi connectivity index (χ1v) is 10.0. The van der Waals surface area contributed by atoms with Crippen LogP contribution in [0, 0.1) is 0 Å². The predicted molar refractivity (Wildman–Crippen MR) is 117 cm³/mol. The Hall–Kier alpha value is -4.20. The highest BCUT2D eigenvalue weighted by atomic mass is 16.5. The Labute approximate surface area is 184 Å². The zero-order chi connectivity index (χ0) is 22.8. The van der Waals surface area contributed by atoms with Crippen LogP contribution in [0.25, 0.3) is 5.76 Å². The second-order valence-corrected chi connectivity index (χ2v) is 7.50. The van der Waals surface area contributed by atoms with Crippen molar-refractivity contribution in [2.45, 2.75) is 26.0 Å². The first-order chi connectivity index (χ1) is 15.4. The lowest BCUT2D eigenvalue weighted by Crippen LogP contribution is -2.31. The number of rotatable bonds is 5. The molecule has 8 nitrogen and oxygen atoms in total. The van der Waals surface area contributed by atoms with Gasteiger partial charge in [0, 0.05) is 18.0 Å². The molecular formula is C24H21N3O5. The Morgan fingerprint density at radius 2 is 1.72 bits per heavy atom. The van der Waals surface area contributed by atoms with E-state index in [1.54, 1.807) is 42.5 Å². The third-order valence-corrected chi connectivity index (χ3v) is 4.90. The van der Waals surface area contributed by atoms with E-state index in [1.165, 1.54) is 24.5 Å².